The van der Waals surface area contributed by atoms with Gasteiger partial charge in [0.1, 0.15) is 10.7 Å². The number of thiazole rings is 1. The van der Waals surface area contributed by atoms with Crippen LogP contribution in [0.1, 0.15) is 21.8 Å². The predicted octanol–water partition coefficient (Wildman–Crippen LogP) is 2.71. The predicted molar refractivity (Wildman–Crippen MR) is 87.8 cm³/mol. The number of aromatic nitrogens is 2. The summed E-state index contributed by atoms with van der Waals surface area (Å²) in [5.41, 5.74) is 2.21. The molecule has 1 aromatic carbocycles. The highest BCUT2D eigenvalue weighted by molar-refractivity contribution is 7.19. The van der Waals surface area contributed by atoms with Crippen molar-refractivity contribution in [2.75, 3.05) is 6.54 Å². The van der Waals surface area contributed by atoms with Gasteiger partial charge in [-0.25, -0.2) is 9.37 Å². The molecule has 0 saturated carbocycles. The Bertz CT molecular complexity index is 915. The van der Waals surface area contributed by atoms with Gasteiger partial charge in [0.2, 0.25) is 0 Å². The highest BCUT2D eigenvalue weighted by Crippen LogP contribution is 2.27. The normalized spacial score (nSPS) is 10.9. The van der Waals surface area contributed by atoms with Crippen LogP contribution in [-0.4, -0.2) is 32.9 Å². The Labute approximate surface area is 140 Å². The number of hydrogen-bond acceptors (Lipinski definition) is 4. The summed E-state index contributed by atoms with van der Waals surface area (Å²) in [4.78, 5) is 28.2. The first-order chi connectivity index (χ1) is 11.5. The average molecular weight is 347 g/mol. The lowest BCUT2D eigenvalue weighted by Crippen LogP contribution is -2.25. The van der Waals surface area contributed by atoms with Crippen LogP contribution in [-0.2, 0) is 4.79 Å². The molecular weight excluding hydrogens is 333 g/mol. The molecule has 1 amide bonds. The Morgan fingerprint density at radius 2 is 2.04 bits per heavy atom. The van der Waals surface area contributed by atoms with E-state index in [1.165, 1.54) is 23.5 Å². The summed E-state index contributed by atoms with van der Waals surface area (Å²) in [6, 6.07) is 6.04. The van der Waals surface area contributed by atoms with E-state index in [2.05, 4.69) is 10.3 Å². The lowest BCUT2D eigenvalue weighted by atomic mass is 10.2. The topological polar surface area (TPSA) is 83.7 Å². The second-order valence-electron chi connectivity index (χ2n) is 5.20. The largest absolute Gasteiger partial charge is 0.481 e. The summed E-state index contributed by atoms with van der Waals surface area (Å²) in [5, 5.41) is 11.2. The molecule has 124 valence electrons. The molecule has 0 aliphatic rings. The van der Waals surface area contributed by atoms with Gasteiger partial charge in [-0.1, -0.05) is 11.3 Å². The minimum atomic E-state index is -0.961. The number of carbonyl (C=O) groups is 2. The first-order valence-electron chi connectivity index (χ1n) is 7.20. The number of halogens is 1. The van der Waals surface area contributed by atoms with E-state index in [-0.39, 0.29) is 24.7 Å². The minimum Gasteiger partial charge on any atom is -0.481 e. The highest BCUT2D eigenvalue weighted by Gasteiger charge is 2.18. The fourth-order valence-electron chi connectivity index (χ4n) is 2.28. The molecular formula is C16H14FN3O3S. The molecule has 0 aliphatic heterocycles. The van der Waals surface area contributed by atoms with Crippen LogP contribution in [0.15, 0.2) is 30.5 Å². The van der Waals surface area contributed by atoms with E-state index in [9.17, 15) is 14.0 Å². The number of imidazole rings is 1. The Morgan fingerprint density at radius 1 is 1.33 bits per heavy atom. The summed E-state index contributed by atoms with van der Waals surface area (Å²) in [5.74, 6) is -1.58. The van der Waals surface area contributed by atoms with Crippen LogP contribution in [0.25, 0.3) is 16.2 Å². The van der Waals surface area contributed by atoms with Crippen molar-refractivity contribution in [1.82, 2.24) is 14.7 Å². The van der Waals surface area contributed by atoms with Gasteiger partial charge in [0, 0.05) is 24.0 Å². The van der Waals surface area contributed by atoms with Gasteiger partial charge >= 0.3 is 5.97 Å². The van der Waals surface area contributed by atoms with Crippen LogP contribution in [0.2, 0.25) is 0 Å². The van der Waals surface area contributed by atoms with Gasteiger partial charge < -0.3 is 10.4 Å². The maximum Gasteiger partial charge on any atom is 0.305 e. The van der Waals surface area contributed by atoms with Gasteiger partial charge in [0.15, 0.2) is 4.96 Å². The van der Waals surface area contributed by atoms with Gasteiger partial charge in [-0.15, -0.1) is 0 Å². The second-order valence-corrected chi connectivity index (χ2v) is 6.18. The molecule has 2 heterocycles. The van der Waals surface area contributed by atoms with Crippen molar-refractivity contribution in [3.63, 3.8) is 0 Å². The van der Waals surface area contributed by atoms with E-state index in [0.717, 1.165) is 11.3 Å². The zero-order chi connectivity index (χ0) is 17.3. The summed E-state index contributed by atoms with van der Waals surface area (Å²) >= 11 is 1.23. The van der Waals surface area contributed by atoms with Crippen molar-refractivity contribution in [3.8, 4) is 11.3 Å². The van der Waals surface area contributed by atoms with Crippen LogP contribution in [0, 0.1) is 12.7 Å². The third kappa shape index (κ3) is 3.13. The van der Waals surface area contributed by atoms with E-state index in [0.29, 0.717) is 15.5 Å². The number of hydrogen-bond donors (Lipinski definition) is 2. The molecule has 0 fully saturated rings. The van der Waals surface area contributed by atoms with Crippen molar-refractivity contribution in [3.05, 3.63) is 46.9 Å². The molecule has 0 spiro atoms. The molecule has 3 rings (SSSR count). The molecule has 0 radical (unpaired) electrons. The van der Waals surface area contributed by atoms with E-state index < -0.39 is 5.97 Å². The zero-order valence-corrected chi connectivity index (χ0v) is 13.6. The molecule has 8 heteroatoms. The fourth-order valence-corrected chi connectivity index (χ4v) is 3.31. The number of amides is 1. The van der Waals surface area contributed by atoms with Gasteiger partial charge in [-0.05, 0) is 31.2 Å². The number of benzene rings is 1. The van der Waals surface area contributed by atoms with Crippen LogP contribution >= 0.6 is 11.3 Å². The molecule has 0 saturated heterocycles. The van der Waals surface area contributed by atoms with Gasteiger partial charge in [0.25, 0.3) is 5.91 Å². The Kier molecular flexibility index (Phi) is 4.30. The van der Waals surface area contributed by atoms with Crippen molar-refractivity contribution >= 4 is 28.2 Å². The molecule has 3 aromatic rings. The molecule has 0 aliphatic carbocycles. The SMILES string of the molecule is Cc1c(C(=O)NCCC(=O)O)sc2nc(-c3ccc(F)cc3)cn12. The molecule has 0 unspecified atom stereocenters. The summed E-state index contributed by atoms with van der Waals surface area (Å²) in [6.45, 7) is 1.88. The standard InChI is InChI=1S/C16H14FN3O3S/c1-9-14(15(23)18-7-6-13(21)22)24-16-19-12(8-20(9)16)10-2-4-11(17)5-3-10/h2-5,8H,6-7H2,1H3,(H,18,23)(H,21,22). The van der Waals surface area contributed by atoms with Crippen LogP contribution in [0.5, 0.6) is 0 Å². The second kappa shape index (κ2) is 6.40. The van der Waals surface area contributed by atoms with Gasteiger partial charge in [-0.2, -0.15) is 0 Å². The summed E-state index contributed by atoms with van der Waals surface area (Å²) in [7, 11) is 0. The third-order valence-electron chi connectivity index (χ3n) is 3.53. The van der Waals surface area contributed by atoms with Crippen molar-refractivity contribution < 1.29 is 19.1 Å². The molecule has 0 bridgehead atoms. The Balaban J connectivity index is 1.84. The smallest absolute Gasteiger partial charge is 0.305 e. The van der Waals surface area contributed by atoms with Crippen LogP contribution in [0.3, 0.4) is 0 Å². The van der Waals surface area contributed by atoms with Gasteiger partial charge in [-0.3, -0.25) is 14.0 Å². The molecule has 6 nitrogen and oxygen atoms in total. The molecule has 24 heavy (non-hydrogen) atoms. The number of carbonyl (C=O) groups excluding carboxylic acids is 1. The average Bonchev–Trinajstić information content (AvgIpc) is 3.07. The van der Waals surface area contributed by atoms with E-state index in [4.69, 9.17) is 5.11 Å². The number of nitrogens with zero attached hydrogens (tertiary/aromatic N) is 2. The number of carboxylic acid groups (broad SMARTS) is 1. The minimum absolute atomic E-state index is 0.0780. The number of aryl methyl sites for hydroxylation is 1. The number of rotatable bonds is 5. The number of fused-ring (bicyclic) bond motifs is 1. The van der Waals surface area contributed by atoms with Crippen molar-refractivity contribution in [2.45, 2.75) is 13.3 Å². The van der Waals surface area contributed by atoms with Crippen LogP contribution < -0.4 is 5.32 Å². The molecule has 2 aromatic heterocycles. The first-order valence-corrected chi connectivity index (χ1v) is 8.02. The number of carboxylic acids is 1. The zero-order valence-electron chi connectivity index (χ0n) is 12.7. The van der Waals surface area contributed by atoms with Gasteiger partial charge in [0.05, 0.1) is 12.1 Å². The maximum atomic E-state index is 13.0. The monoisotopic (exact) mass is 347 g/mol. The lowest BCUT2D eigenvalue weighted by molar-refractivity contribution is -0.136. The number of nitrogens with one attached hydrogen (secondary N) is 1. The van der Waals surface area contributed by atoms with Crippen LogP contribution in [0.4, 0.5) is 4.39 Å². The molecule has 2 N–H and O–H groups in total. The van der Waals surface area contributed by atoms with Crippen molar-refractivity contribution in [1.29, 1.82) is 0 Å². The highest BCUT2D eigenvalue weighted by atomic mass is 32.1. The molecule has 0 atom stereocenters. The maximum absolute atomic E-state index is 13.0. The number of aliphatic carboxylic acids is 1. The third-order valence-corrected chi connectivity index (χ3v) is 4.68. The fraction of sp³-hybridized carbons (Fsp3) is 0.188. The lowest BCUT2D eigenvalue weighted by Gasteiger charge is -2.02. The van der Waals surface area contributed by atoms with E-state index in [1.54, 1.807) is 29.7 Å². The van der Waals surface area contributed by atoms with Crippen molar-refractivity contribution in [2.24, 2.45) is 0 Å². The first kappa shape index (κ1) is 16.1. The Morgan fingerprint density at radius 3 is 2.67 bits per heavy atom. The van der Waals surface area contributed by atoms with E-state index in [1.807, 2.05) is 0 Å². The summed E-state index contributed by atoms with van der Waals surface area (Å²) < 4.78 is 14.8. The Hall–Kier alpha value is -2.74. The quantitative estimate of drug-likeness (QED) is 0.743. The summed E-state index contributed by atoms with van der Waals surface area (Å²) in [6.07, 6.45) is 1.67. The van der Waals surface area contributed by atoms with E-state index >= 15 is 0 Å².